The van der Waals surface area contributed by atoms with Gasteiger partial charge in [-0.3, -0.25) is 4.79 Å². The molecule has 16 heavy (non-hydrogen) atoms. The minimum atomic E-state index is -0.367. The molecule has 0 unspecified atom stereocenters. The molecule has 5 heteroatoms. The number of carbonyl (C=O) groups is 1. The first-order valence-corrected chi connectivity index (χ1v) is 5.45. The van der Waals surface area contributed by atoms with E-state index < -0.39 is 0 Å². The summed E-state index contributed by atoms with van der Waals surface area (Å²) in [6.45, 7) is 4.73. The van der Waals surface area contributed by atoms with Gasteiger partial charge in [0.2, 0.25) is 5.91 Å². The molecule has 0 bridgehead atoms. The molecule has 1 fully saturated rings. The second kappa shape index (κ2) is 4.25. The molecular formula is C11H16N2O3. The normalized spacial score (nSPS) is 20.4. The predicted molar refractivity (Wildman–Crippen MR) is 56.9 cm³/mol. The van der Waals surface area contributed by atoms with Crippen molar-refractivity contribution in [3.05, 3.63) is 17.0 Å². The van der Waals surface area contributed by atoms with Gasteiger partial charge in [0.15, 0.2) is 0 Å². The fourth-order valence-electron chi connectivity index (χ4n) is 1.99. The van der Waals surface area contributed by atoms with Crippen LogP contribution in [0, 0.1) is 13.8 Å². The molecule has 2 rings (SSSR count). The molecule has 0 aromatic carbocycles. The molecule has 0 spiro atoms. The minimum Gasteiger partial charge on any atom is -0.391 e. The highest BCUT2D eigenvalue weighted by atomic mass is 16.5. The Kier molecular flexibility index (Phi) is 2.96. The first-order valence-electron chi connectivity index (χ1n) is 5.45. The third-order valence-corrected chi connectivity index (χ3v) is 3.03. The van der Waals surface area contributed by atoms with Gasteiger partial charge in [0, 0.05) is 18.7 Å². The van der Waals surface area contributed by atoms with Crippen molar-refractivity contribution in [2.75, 3.05) is 13.1 Å². The van der Waals surface area contributed by atoms with E-state index in [1.54, 1.807) is 11.8 Å². The molecule has 1 amide bonds. The summed E-state index contributed by atoms with van der Waals surface area (Å²) in [7, 11) is 0. The maximum atomic E-state index is 11.9. The molecule has 88 valence electrons. The zero-order chi connectivity index (χ0) is 11.7. The summed E-state index contributed by atoms with van der Waals surface area (Å²) in [6, 6.07) is 0. The van der Waals surface area contributed by atoms with Crippen molar-refractivity contribution in [2.24, 2.45) is 0 Å². The second-order valence-electron chi connectivity index (χ2n) is 4.26. The lowest BCUT2D eigenvalue weighted by molar-refractivity contribution is -0.129. The molecular weight excluding hydrogens is 208 g/mol. The van der Waals surface area contributed by atoms with Gasteiger partial charge in [-0.25, -0.2) is 0 Å². The SMILES string of the molecule is Cc1noc(C)c1CC(=O)N1CC[C@@H](O)C1. The van der Waals surface area contributed by atoms with Crippen LogP contribution in [0.3, 0.4) is 0 Å². The highest BCUT2D eigenvalue weighted by Gasteiger charge is 2.25. The molecule has 0 aliphatic carbocycles. The van der Waals surface area contributed by atoms with Gasteiger partial charge in [0.05, 0.1) is 18.2 Å². The van der Waals surface area contributed by atoms with E-state index in [9.17, 15) is 9.90 Å². The number of nitrogens with zero attached hydrogens (tertiary/aromatic N) is 2. The number of β-amino-alcohol motifs (C(OH)–C–C–N with tert-alkyl or cyclic N) is 1. The number of amides is 1. The van der Waals surface area contributed by atoms with Crippen LogP contribution < -0.4 is 0 Å². The van der Waals surface area contributed by atoms with Crippen molar-refractivity contribution in [1.29, 1.82) is 0 Å². The molecule has 1 N–H and O–H groups in total. The van der Waals surface area contributed by atoms with Crippen LogP contribution in [-0.4, -0.2) is 40.3 Å². The molecule has 1 aliphatic rings. The molecule has 1 aromatic heterocycles. The van der Waals surface area contributed by atoms with Crippen molar-refractivity contribution >= 4 is 5.91 Å². The number of aryl methyl sites for hydroxylation is 2. The number of aliphatic hydroxyl groups is 1. The first-order chi connectivity index (χ1) is 7.58. The Morgan fingerprint density at radius 3 is 2.88 bits per heavy atom. The van der Waals surface area contributed by atoms with Gasteiger partial charge in [0.25, 0.3) is 0 Å². The van der Waals surface area contributed by atoms with Crippen LogP contribution in [0.1, 0.15) is 23.4 Å². The maximum Gasteiger partial charge on any atom is 0.227 e. The lowest BCUT2D eigenvalue weighted by Crippen LogP contribution is -2.31. The molecule has 0 radical (unpaired) electrons. The summed E-state index contributed by atoms with van der Waals surface area (Å²) in [5, 5.41) is 13.2. The Labute approximate surface area is 94.0 Å². The topological polar surface area (TPSA) is 66.6 Å². The summed E-state index contributed by atoms with van der Waals surface area (Å²) >= 11 is 0. The third kappa shape index (κ3) is 2.09. The maximum absolute atomic E-state index is 11.9. The number of hydrogen-bond donors (Lipinski definition) is 1. The quantitative estimate of drug-likeness (QED) is 0.791. The van der Waals surface area contributed by atoms with E-state index >= 15 is 0 Å². The van der Waals surface area contributed by atoms with Gasteiger partial charge in [-0.2, -0.15) is 0 Å². The van der Waals surface area contributed by atoms with Crippen LogP contribution in [-0.2, 0) is 11.2 Å². The zero-order valence-corrected chi connectivity index (χ0v) is 9.56. The number of likely N-dealkylation sites (tertiary alicyclic amines) is 1. The van der Waals surface area contributed by atoms with E-state index in [2.05, 4.69) is 5.16 Å². The molecule has 5 nitrogen and oxygen atoms in total. The Bertz CT molecular complexity index is 380. The second-order valence-corrected chi connectivity index (χ2v) is 4.26. The van der Waals surface area contributed by atoms with Crippen molar-refractivity contribution in [2.45, 2.75) is 32.8 Å². The van der Waals surface area contributed by atoms with Gasteiger partial charge in [-0.05, 0) is 20.3 Å². The van der Waals surface area contributed by atoms with Crippen LogP contribution in [0.4, 0.5) is 0 Å². The largest absolute Gasteiger partial charge is 0.391 e. The smallest absolute Gasteiger partial charge is 0.227 e. The van der Waals surface area contributed by atoms with Gasteiger partial charge >= 0.3 is 0 Å². The van der Waals surface area contributed by atoms with E-state index in [1.807, 2.05) is 6.92 Å². The number of aromatic nitrogens is 1. The van der Waals surface area contributed by atoms with Crippen molar-refractivity contribution in [3.8, 4) is 0 Å². The monoisotopic (exact) mass is 224 g/mol. The van der Waals surface area contributed by atoms with E-state index in [0.717, 1.165) is 11.3 Å². The van der Waals surface area contributed by atoms with Gasteiger partial charge < -0.3 is 14.5 Å². The van der Waals surface area contributed by atoms with Crippen molar-refractivity contribution in [3.63, 3.8) is 0 Å². The summed E-state index contributed by atoms with van der Waals surface area (Å²) in [5.74, 6) is 0.733. The lowest BCUT2D eigenvalue weighted by atomic mass is 10.1. The van der Waals surface area contributed by atoms with Crippen LogP contribution in [0.25, 0.3) is 0 Å². The van der Waals surface area contributed by atoms with Crippen molar-refractivity contribution in [1.82, 2.24) is 10.1 Å². The average molecular weight is 224 g/mol. The van der Waals surface area contributed by atoms with Crippen molar-refractivity contribution < 1.29 is 14.4 Å². The summed E-state index contributed by atoms with van der Waals surface area (Å²) in [6.07, 6.45) is 0.620. The number of carbonyl (C=O) groups excluding carboxylic acids is 1. The Hall–Kier alpha value is -1.36. The van der Waals surface area contributed by atoms with Gasteiger partial charge in [0.1, 0.15) is 5.76 Å². The summed E-state index contributed by atoms with van der Waals surface area (Å²) in [4.78, 5) is 13.6. The number of aliphatic hydroxyl groups excluding tert-OH is 1. The predicted octanol–water partition coefficient (Wildman–Crippen LogP) is 0.427. The van der Waals surface area contributed by atoms with Crippen LogP contribution in [0.2, 0.25) is 0 Å². The molecule has 1 aliphatic heterocycles. The molecule has 0 saturated carbocycles. The molecule has 1 aromatic rings. The zero-order valence-electron chi connectivity index (χ0n) is 9.56. The van der Waals surface area contributed by atoms with Gasteiger partial charge in [-0.15, -0.1) is 0 Å². The molecule has 2 heterocycles. The summed E-state index contributed by atoms with van der Waals surface area (Å²) < 4.78 is 5.01. The first kappa shape index (κ1) is 11.1. The van der Waals surface area contributed by atoms with Crippen LogP contribution in [0.5, 0.6) is 0 Å². The van der Waals surface area contributed by atoms with E-state index in [4.69, 9.17) is 4.52 Å². The highest BCUT2D eigenvalue weighted by Crippen LogP contribution is 2.16. The minimum absolute atomic E-state index is 0.0333. The Morgan fingerprint density at radius 1 is 1.62 bits per heavy atom. The van der Waals surface area contributed by atoms with Crippen LogP contribution in [0.15, 0.2) is 4.52 Å². The van der Waals surface area contributed by atoms with E-state index in [-0.39, 0.29) is 12.0 Å². The molecule has 1 saturated heterocycles. The average Bonchev–Trinajstić information content (AvgIpc) is 2.79. The Balaban J connectivity index is 2.02. The summed E-state index contributed by atoms with van der Waals surface area (Å²) in [5.41, 5.74) is 1.64. The highest BCUT2D eigenvalue weighted by molar-refractivity contribution is 5.79. The number of rotatable bonds is 2. The van der Waals surface area contributed by atoms with Gasteiger partial charge in [-0.1, -0.05) is 5.16 Å². The fourth-order valence-corrected chi connectivity index (χ4v) is 1.99. The fraction of sp³-hybridized carbons (Fsp3) is 0.636. The molecule has 1 atom stereocenters. The van der Waals surface area contributed by atoms with Crippen LogP contribution >= 0.6 is 0 Å². The lowest BCUT2D eigenvalue weighted by Gasteiger charge is -2.15. The van der Waals surface area contributed by atoms with E-state index in [1.165, 1.54) is 0 Å². The third-order valence-electron chi connectivity index (χ3n) is 3.03. The number of hydrogen-bond acceptors (Lipinski definition) is 4. The van der Waals surface area contributed by atoms with E-state index in [0.29, 0.717) is 31.7 Å². The Morgan fingerprint density at radius 2 is 2.38 bits per heavy atom. The standard InChI is InChI=1S/C11H16N2O3/c1-7-10(8(2)16-12-7)5-11(15)13-4-3-9(14)6-13/h9,14H,3-6H2,1-2H3/t9-/m1/s1.